The van der Waals surface area contributed by atoms with Crippen LogP contribution in [0.25, 0.3) is 11.3 Å². The molecule has 1 aromatic carbocycles. The summed E-state index contributed by atoms with van der Waals surface area (Å²) in [5, 5.41) is 7.31. The van der Waals surface area contributed by atoms with Gasteiger partial charge in [-0.1, -0.05) is 0 Å². The summed E-state index contributed by atoms with van der Waals surface area (Å²) in [4.78, 5) is 29.5. The molecule has 1 N–H and O–H groups in total. The molecule has 7 nitrogen and oxygen atoms in total. The normalized spacial score (nSPS) is 10.6. The Bertz CT molecular complexity index is 1080. The fourth-order valence-corrected chi connectivity index (χ4v) is 2.84. The number of aromatic nitrogens is 3. The second-order valence-electron chi connectivity index (χ2n) is 5.97. The van der Waals surface area contributed by atoms with E-state index in [9.17, 15) is 14.0 Å². The van der Waals surface area contributed by atoms with Crippen LogP contribution in [0.4, 0.5) is 15.8 Å². The molecule has 2 aromatic heterocycles. The van der Waals surface area contributed by atoms with E-state index in [4.69, 9.17) is 4.74 Å². The van der Waals surface area contributed by atoms with Crippen molar-refractivity contribution < 1.29 is 13.9 Å². The molecule has 0 aliphatic carbocycles. The molecule has 0 radical (unpaired) electrons. The molecule has 0 bridgehead atoms. The van der Waals surface area contributed by atoms with Crippen LogP contribution < -0.4 is 15.6 Å². The number of nitrogens with one attached hydrogen (secondary N) is 1. The van der Waals surface area contributed by atoms with Crippen molar-refractivity contribution in [1.29, 1.82) is 0 Å². The van der Waals surface area contributed by atoms with Crippen molar-refractivity contribution in [2.75, 3.05) is 12.4 Å². The summed E-state index contributed by atoms with van der Waals surface area (Å²) >= 11 is 0. The average Bonchev–Trinajstić information content (AvgIpc) is 2.70. The van der Waals surface area contributed by atoms with E-state index in [1.807, 2.05) is 0 Å². The SMILES string of the molecule is CCn1nc(-c2ccc(F)cc2)c(C(C)=O)c(Nc2cccnc2OC)c1=O. The number of carbonyl (C=O) groups excluding carboxylic acids is 1. The molecule has 0 unspecified atom stereocenters. The molecule has 0 aliphatic rings. The Hall–Kier alpha value is -3.55. The van der Waals surface area contributed by atoms with Gasteiger partial charge in [0.05, 0.1) is 12.7 Å². The lowest BCUT2D eigenvalue weighted by Gasteiger charge is -2.17. The van der Waals surface area contributed by atoms with E-state index in [1.165, 1.54) is 43.0 Å². The lowest BCUT2D eigenvalue weighted by molar-refractivity contribution is 0.101. The van der Waals surface area contributed by atoms with Crippen LogP contribution in [0, 0.1) is 5.82 Å². The standard InChI is InChI=1S/C20H19FN4O3/c1-4-25-20(27)18(23-15-6-5-11-22-19(15)28-3)16(12(2)26)17(24-25)13-7-9-14(21)10-8-13/h5-11,23H,4H2,1-3H3. The Morgan fingerprint density at radius 3 is 2.57 bits per heavy atom. The number of carbonyl (C=O) groups is 1. The highest BCUT2D eigenvalue weighted by Crippen LogP contribution is 2.30. The maximum absolute atomic E-state index is 13.3. The highest BCUT2D eigenvalue weighted by molar-refractivity contribution is 6.05. The van der Waals surface area contributed by atoms with E-state index >= 15 is 0 Å². The van der Waals surface area contributed by atoms with Crippen molar-refractivity contribution >= 4 is 17.2 Å². The minimum absolute atomic E-state index is 0.0648. The van der Waals surface area contributed by atoms with Crippen molar-refractivity contribution in [2.45, 2.75) is 20.4 Å². The number of methoxy groups -OCH3 is 1. The zero-order chi connectivity index (χ0) is 20.3. The van der Waals surface area contributed by atoms with Crippen molar-refractivity contribution in [3.05, 3.63) is 64.3 Å². The maximum atomic E-state index is 13.3. The van der Waals surface area contributed by atoms with Gasteiger partial charge in [0.2, 0.25) is 5.88 Å². The predicted octanol–water partition coefficient (Wildman–Crippen LogP) is 3.42. The summed E-state index contributed by atoms with van der Waals surface area (Å²) in [6.07, 6.45) is 1.55. The van der Waals surface area contributed by atoms with Crippen LogP contribution in [0.15, 0.2) is 47.4 Å². The highest BCUT2D eigenvalue weighted by atomic mass is 19.1. The van der Waals surface area contributed by atoms with Gasteiger partial charge >= 0.3 is 0 Å². The van der Waals surface area contributed by atoms with Crippen LogP contribution in [-0.2, 0) is 6.54 Å². The number of anilines is 2. The summed E-state index contributed by atoms with van der Waals surface area (Å²) in [7, 11) is 1.46. The molecular weight excluding hydrogens is 363 g/mol. The Labute approximate surface area is 160 Å². The zero-order valence-electron chi connectivity index (χ0n) is 15.7. The Morgan fingerprint density at radius 2 is 1.96 bits per heavy atom. The largest absolute Gasteiger partial charge is 0.480 e. The first-order valence-corrected chi connectivity index (χ1v) is 8.64. The monoisotopic (exact) mass is 382 g/mol. The Morgan fingerprint density at radius 1 is 1.25 bits per heavy atom. The van der Waals surface area contributed by atoms with Crippen LogP contribution >= 0.6 is 0 Å². The van der Waals surface area contributed by atoms with Crippen molar-refractivity contribution in [3.8, 4) is 17.1 Å². The van der Waals surface area contributed by atoms with Crippen LogP contribution in [0.3, 0.4) is 0 Å². The molecule has 0 saturated carbocycles. The van der Waals surface area contributed by atoms with Crippen molar-refractivity contribution in [3.63, 3.8) is 0 Å². The molecule has 0 atom stereocenters. The van der Waals surface area contributed by atoms with E-state index in [0.29, 0.717) is 23.5 Å². The number of hydrogen-bond donors (Lipinski definition) is 1. The molecule has 28 heavy (non-hydrogen) atoms. The molecule has 0 spiro atoms. The molecule has 8 heteroatoms. The van der Waals surface area contributed by atoms with Crippen LogP contribution in [0.5, 0.6) is 5.88 Å². The maximum Gasteiger partial charge on any atom is 0.291 e. The summed E-state index contributed by atoms with van der Waals surface area (Å²) in [6, 6.07) is 8.95. The van der Waals surface area contributed by atoms with Gasteiger partial charge in [-0.2, -0.15) is 5.10 Å². The molecular formula is C20H19FN4O3. The zero-order valence-corrected chi connectivity index (χ0v) is 15.7. The van der Waals surface area contributed by atoms with E-state index < -0.39 is 11.4 Å². The smallest absolute Gasteiger partial charge is 0.291 e. The number of ether oxygens (including phenoxy) is 1. The number of Topliss-reactive ketones (excluding diaryl/α,β-unsaturated/α-hetero) is 1. The fraction of sp³-hybridized carbons (Fsp3) is 0.200. The number of rotatable bonds is 6. The molecule has 3 rings (SSSR count). The first kappa shape index (κ1) is 19.2. The highest BCUT2D eigenvalue weighted by Gasteiger charge is 2.22. The number of pyridine rings is 1. The van der Waals surface area contributed by atoms with Gasteiger partial charge in [-0.05, 0) is 50.2 Å². The number of benzene rings is 1. The molecule has 0 amide bonds. The third kappa shape index (κ3) is 3.62. The van der Waals surface area contributed by atoms with Gasteiger partial charge in [-0.3, -0.25) is 9.59 Å². The summed E-state index contributed by atoms with van der Waals surface area (Å²) in [5.74, 6) is -0.479. The number of ketones is 1. The number of hydrogen-bond acceptors (Lipinski definition) is 6. The van der Waals surface area contributed by atoms with Gasteiger partial charge in [-0.15, -0.1) is 0 Å². The van der Waals surface area contributed by atoms with E-state index in [0.717, 1.165) is 0 Å². The van der Waals surface area contributed by atoms with Gasteiger partial charge in [0.25, 0.3) is 5.56 Å². The quantitative estimate of drug-likeness (QED) is 0.658. The number of aryl methyl sites for hydroxylation is 1. The van der Waals surface area contributed by atoms with Crippen molar-refractivity contribution in [2.24, 2.45) is 0 Å². The number of halogens is 1. The second-order valence-corrected chi connectivity index (χ2v) is 5.97. The van der Waals surface area contributed by atoms with E-state index in [2.05, 4.69) is 15.4 Å². The third-order valence-corrected chi connectivity index (χ3v) is 4.15. The van der Waals surface area contributed by atoms with Crippen LogP contribution in [-0.4, -0.2) is 27.7 Å². The van der Waals surface area contributed by atoms with Gasteiger partial charge in [0.1, 0.15) is 22.9 Å². The minimum Gasteiger partial charge on any atom is -0.480 e. The molecule has 2 heterocycles. The van der Waals surface area contributed by atoms with Gasteiger partial charge in [0, 0.05) is 18.3 Å². The fourth-order valence-electron chi connectivity index (χ4n) is 2.84. The molecule has 3 aromatic rings. The summed E-state index contributed by atoms with van der Waals surface area (Å²) in [6.45, 7) is 3.42. The predicted molar refractivity (Wildman–Crippen MR) is 104 cm³/mol. The van der Waals surface area contributed by atoms with E-state index in [-0.39, 0.29) is 22.9 Å². The van der Waals surface area contributed by atoms with Gasteiger partial charge in [0.15, 0.2) is 5.78 Å². The lowest BCUT2D eigenvalue weighted by atomic mass is 10.0. The summed E-state index contributed by atoms with van der Waals surface area (Å²) < 4.78 is 19.8. The first-order chi connectivity index (χ1) is 13.5. The van der Waals surface area contributed by atoms with Crippen molar-refractivity contribution in [1.82, 2.24) is 14.8 Å². The second kappa shape index (κ2) is 7.99. The van der Waals surface area contributed by atoms with Gasteiger partial charge < -0.3 is 10.1 Å². The summed E-state index contributed by atoms with van der Waals surface area (Å²) in [5.41, 5.74) is 0.976. The Balaban J connectivity index is 2.28. The molecule has 144 valence electrons. The molecule has 0 fully saturated rings. The molecule has 0 aliphatic heterocycles. The lowest BCUT2D eigenvalue weighted by Crippen LogP contribution is -2.28. The Kier molecular flexibility index (Phi) is 5.49. The average molecular weight is 382 g/mol. The number of nitrogens with zero attached hydrogens (tertiary/aromatic N) is 3. The minimum atomic E-state index is -0.454. The third-order valence-electron chi connectivity index (χ3n) is 4.15. The van der Waals surface area contributed by atoms with Crippen LogP contribution in [0.2, 0.25) is 0 Å². The van der Waals surface area contributed by atoms with E-state index in [1.54, 1.807) is 25.3 Å². The molecule has 0 saturated heterocycles. The van der Waals surface area contributed by atoms with Crippen LogP contribution in [0.1, 0.15) is 24.2 Å². The first-order valence-electron chi connectivity index (χ1n) is 8.64. The topological polar surface area (TPSA) is 86.1 Å². The van der Waals surface area contributed by atoms with Gasteiger partial charge in [-0.25, -0.2) is 14.1 Å².